The van der Waals surface area contributed by atoms with Gasteiger partial charge >= 0.3 is 5.97 Å². The molecule has 0 saturated heterocycles. The van der Waals surface area contributed by atoms with Crippen molar-refractivity contribution in [2.75, 3.05) is 20.3 Å². The maximum Gasteiger partial charge on any atom is 0.313 e. The van der Waals surface area contributed by atoms with Crippen LogP contribution >= 0.6 is 0 Å². The number of carbonyl (C=O) groups is 2. The zero-order valence-corrected chi connectivity index (χ0v) is 9.14. The molecule has 0 amide bonds. The van der Waals surface area contributed by atoms with E-state index < -0.39 is 5.97 Å². The van der Waals surface area contributed by atoms with Gasteiger partial charge < -0.3 is 9.47 Å². The quantitative estimate of drug-likeness (QED) is 0.316. The van der Waals surface area contributed by atoms with Gasteiger partial charge in [-0.2, -0.15) is 0 Å². The molecule has 4 nitrogen and oxygen atoms in total. The Bertz CT molecular complexity index is 345. The molecule has 0 bridgehead atoms. The Morgan fingerprint density at radius 1 is 1.12 bits per heavy atom. The third-order valence-electron chi connectivity index (χ3n) is 1.95. The highest BCUT2D eigenvalue weighted by atomic mass is 16.6. The monoisotopic (exact) mass is 222 g/mol. The van der Waals surface area contributed by atoms with Crippen molar-refractivity contribution in [3.63, 3.8) is 0 Å². The summed E-state index contributed by atoms with van der Waals surface area (Å²) in [5, 5.41) is 0. The first-order chi connectivity index (χ1) is 7.74. The number of esters is 1. The summed E-state index contributed by atoms with van der Waals surface area (Å²) < 4.78 is 9.51. The molecule has 0 aliphatic carbocycles. The van der Waals surface area contributed by atoms with Gasteiger partial charge in [-0.15, -0.1) is 0 Å². The van der Waals surface area contributed by atoms with Crippen LogP contribution in [0.15, 0.2) is 30.3 Å². The fourth-order valence-corrected chi connectivity index (χ4v) is 1.15. The van der Waals surface area contributed by atoms with Crippen LogP contribution in [-0.4, -0.2) is 32.1 Å². The van der Waals surface area contributed by atoms with Crippen LogP contribution < -0.4 is 0 Å². The van der Waals surface area contributed by atoms with E-state index in [0.717, 1.165) is 0 Å². The topological polar surface area (TPSA) is 52.6 Å². The SMILES string of the molecule is COCCOC(=O)CC(=O)c1ccccc1. The Hall–Kier alpha value is -1.68. The number of benzene rings is 1. The van der Waals surface area contributed by atoms with Gasteiger partial charge in [-0.25, -0.2) is 0 Å². The van der Waals surface area contributed by atoms with Crippen molar-refractivity contribution in [1.29, 1.82) is 0 Å². The summed E-state index contributed by atoms with van der Waals surface area (Å²) in [4.78, 5) is 22.8. The molecule has 1 aromatic carbocycles. The first-order valence-electron chi connectivity index (χ1n) is 4.97. The molecule has 0 aliphatic rings. The van der Waals surface area contributed by atoms with E-state index in [0.29, 0.717) is 12.2 Å². The van der Waals surface area contributed by atoms with Crippen molar-refractivity contribution >= 4 is 11.8 Å². The summed E-state index contributed by atoms with van der Waals surface area (Å²) in [6, 6.07) is 8.66. The summed E-state index contributed by atoms with van der Waals surface area (Å²) in [5.74, 6) is -0.756. The minimum atomic E-state index is -0.522. The van der Waals surface area contributed by atoms with E-state index in [-0.39, 0.29) is 18.8 Å². The van der Waals surface area contributed by atoms with E-state index >= 15 is 0 Å². The summed E-state index contributed by atoms with van der Waals surface area (Å²) in [7, 11) is 1.52. The highest BCUT2D eigenvalue weighted by Gasteiger charge is 2.12. The molecule has 0 unspecified atom stereocenters. The van der Waals surface area contributed by atoms with Gasteiger partial charge in [-0.1, -0.05) is 30.3 Å². The standard InChI is InChI=1S/C12H14O4/c1-15-7-8-16-12(14)9-11(13)10-5-3-2-4-6-10/h2-6H,7-9H2,1H3. The zero-order valence-electron chi connectivity index (χ0n) is 9.14. The van der Waals surface area contributed by atoms with Crippen LogP contribution in [0.1, 0.15) is 16.8 Å². The molecule has 0 spiro atoms. The Morgan fingerprint density at radius 3 is 2.44 bits per heavy atom. The maximum absolute atomic E-state index is 11.6. The van der Waals surface area contributed by atoms with Crippen molar-refractivity contribution in [3.05, 3.63) is 35.9 Å². The van der Waals surface area contributed by atoms with E-state index in [1.807, 2.05) is 6.07 Å². The minimum absolute atomic E-state index is 0.178. The lowest BCUT2D eigenvalue weighted by Crippen LogP contribution is -2.14. The number of Topliss-reactive ketones (excluding diaryl/α,β-unsaturated/α-hetero) is 1. The number of carbonyl (C=O) groups excluding carboxylic acids is 2. The van der Waals surface area contributed by atoms with Crippen molar-refractivity contribution in [1.82, 2.24) is 0 Å². The van der Waals surface area contributed by atoms with E-state index in [9.17, 15) is 9.59 Å². The minimum Gasteiger partial charge on any atom is -0.463 e. The fourth-order valence-electron chi connectivity index (χ4n) is 1.15. The normalized spacial score (nSPS) is 9.81. The summed E-state index contributed by atoms with van der Waals surface area (Å²) >= 11 is 0. The lowest BCUT2D eigenvalue weighted by Gasteiger charge is -2.03. The molecule has 0 atom stereocenters. The van der Waals surface area contributed by atoms with Gasteiger partial charge in [0.1, 0.15) is 13.0 Å². The number of methoxy groups -OCH3 is 1. The predicted molar refractivity (Wildman–Crippen MR) is 58.2 cm³/mol. The molecular weight excluding hydrogens is 208 g/mol. The second-order valence-corrected chi connectivity index (χ2v) is 3.18. The third-order valence-corrected chi connectivity index (χ3v) is 1.95. The lowest BCUT2D eigenvalue weighted by molar-refractivity contribution is -0.143. The van der Waals surface area contributed by atoms with E-state index in [1.54, 1.807) is 24.3 Å². The lowest BCUT2D eigenvalue weighted by atomic mass is 10.1. The molecule has 0 aromatic heterocycles. The van der Waals surface area contributed by atoms with Crippen LogP contribution in [0.2, 0.25) is 0 Å². The largest absolute Gasteiger partial charge is 0.463 e. The van der Waals surface area contributed by atoms with Crippen LogP contribution in [0.25, 0.3) is 0 Å². The molecule has 1 aromatic rings. The van der Waals surface area contributed by atoms with E-state index in [1.165, 1.54) is 7.11 Å². The fraction of sp³-hybridized carbons (Fsp3) is 0.333. The number of rotatable bonds is 6. The van der Waals surface area contributed by atoms with Crippen molar-refractivity contribution < 1.29 is 19.1 Å². The van der Waals surface area contributed by atoms with Crippen LogP contribution in [0.3, 0.4) is 0 Å². The van der Waals surface area contributed by atoms with Crippen LogP contribution in [0.5, 0.6) is 0 Å². The molecular formula is C12H14O4. The number of ether oxygens (including phenoxy) is 2. The van der Waals surface area contributed by atoms with Gasteiger partial charge in [0.25, 0.3) is 0 Å². The van der Waals surface area contributed by atoms with Crippen LogP contribution in [0.4, 0.5) is 0 Å². The molecule has 1 rings (SSSR count). The predicted octanol–water partition coefficient (Wildman–Crippen LogP) is 1.45. The van der Waals surface area contributed by atoms with Crippen molar-refractivity contribution in [2.45, 2.75) is 6.42 Å². The Labute approximate surface area is 94.2 Å². The van der Waals surface area contributed by atoms with Gasteiger partial charge in [-0.3, -0.25) is 9.59 Å². The summed E-state index contributed by atoms with van der Waals surface area (Å²) in [6.45, 7) is 0.517. The second-order valence-electron chi connectivity index (χ2n) is 3.18. The Kier molecular flexibility index (Phi) is 5.22. The molecule has 4 heteroatoms. The first-order valence-corrected chi connectivity index (χ1v) is 4.97. The third kappa shape index (κ3) is 4.23. The maximum atomic E-state index is 11.6. The van der Waals surface area contributed by atoms with E-state index in [2.05, 4.69) is 0 Å². The average Bonchev–Trinajstić information content (AvgIpc) is 2.30. The second kappa shape index (κ2) is 6.74. The van der Waals surface area contributed by atoms with Crippen molar-refractivity contribution in [3.8, 4) is 0 Å². The molecule has 0 N–H and O–H groups in total. The zero-order chi connectivity index (χ0) is 11.8. The molecule has 0 fully saturated rings. The highest BCUT2D eigenvalue weighted by Crippen LogP contribution is 2.03. The molecule has 16 heavy (non-hydrogen) atoms. The first kappa shape index (κ1) is 12.4. The van der Waals surface area contributed by atoms with Gasteiger partial charge in [-0.05, 0) is 0 Å². The number of hydrogen-bond acceptors (Lipinski definition) is 4. The summed E-state index contributed by atoms with van der Waals surface area (Å²) in [5.41, 5.74) is 0.520. The van der Waals surface area contributed by atoms with Gasteiger partial charge in [0.2, 0.25) is 0 Å². The average molecular weight is 222 g/mol. The van der Waals surface area contributed by atoms with Gasteiger partial charge in [0.15, 0.2) is 5.78 Å². The van der Waals surface area contributed by atoms with Crippen LogP contribution in [0, 0.1) is 0 Å². The molecule has 0 aliphatic heterocycles. The van der Waals surface area contributed by atoms with Gasteiger partial charge in [0, 0.05) is 12.7 Å². The molecule has 0 saturated carbocycles. The smallest absolute Gasteiger partial charge is 0.313 e. The Balaban J connectivity index is 2.37. The van der Waals surface area contributed by atoms with E-state index in [4.69, 9.17) is 9.47 Å². The highest BCUT2D eigenvalue weighted by molar-refractivity contribution is 6.05. The molecule has 0 radical (unpaired) electrons. The van der Waals surface area contributed by atoms with Crippen LogP contribution in [-0.2, 0) is 14.3 Å². The van der Waals surface area contributed by atoms with Crippen molar-refractivity contribution in [2.24, 2.45) is 0 Å². The molecule has 0 heterocycles. The van der Waals surface area contributed by atoms with Gasteiger partial charge in [0.05, 0.1) is 6.61 Å². The number of ketones is 1. The number of hydrogen-bond donors (Lipinski definition) is 0. The Morgan fingerprint density at radius 2 is 1.81 bits per heavy atom. The summed E-state index contributed by atoms with van der Waals surface area (Å²) in [6.07, 6.45) is -0.228. The molecule has 86 valence electrons.